The second-order valence-electron chi connectivity index (χ2n) is 2.96. The lowest BCUT2D eigenvalue weighted by atomic mass is 10.1. The largest absolute Gasteiger partial charge is 0.0837 e. The summed E-state index contributed by atoms with van der Waals surface area (Å²) >= 11 is 6.03. The average Bonchev–Trinajstić information content (AvgIpc) is 2.22. The highest BCUT2D eigenvalue weighted by molar-refractivity contribution is 6.35. The maximum absolute atomic E-state index is 6.03. The molecule has 2 aromatic rings. The summed E-state index contributed by atoms with van der Waals surface area (Å²) in [5, 5.41) is 3.17. The van der Waals surface area contributed by atoms with Crippen LogP contribution in [0.5, 0.6) is 0 Å². The van der Waals surface area contributed by atoms with Crippen molar-refractivity contribution in [2.24, 2.45) is 0 Å². The van der Waals surface area contributed by atoms with Crippen molar-refractivity contribution in [1.29, 1.82) is 0 Å². The van der Waals surface area contributed by atoms with Gasteiger partial charge in [0.1, 0.15) is 0 Å². The van der Waals surface area contributed by atoms with Crippen molar-refractivity contribution in [2.45, 2.75) is 20.8 Å². The molecule has 14 heavy (non-hydrogen) atoms. The highest BCUT2D eigenvalue weighted by Crippen LogP contribution is 2.23. The van der Waals surface area contributed by atoms with Crippen LogP contribution in [0.3, 0.4) is 0 Å². The maximum Gasteiger partial charge on any atom is 0.0484 e. The SMILES string of the molecule is CC.Cc1ccc2cccc(Cl)c2c1. The van der Waals surface area contributed by atoms with E-state index in [0.29, 0.717) is 0 Å². The van der Waals surface area contributed by atoms with E-state index in [-0.39, 0.29) is 0 Å². The van der Waals surface area contributed by atoms with Gasteiger partial charge in [-0.05, 0) is 24.4 Å². The molecule has 0 saturated carbocycles. The Morgan fingerprint density at radius 2 is 1.71 bits per heavy atom. The molecule has 2 rings (SSSR count). The van der Waals surface area contributed by atoms with Crippen molar-refractivity contribution in [3.8, 4) is 0 Å². The molecule has 0 bridgehead atoms. The Bertz CT molecular complexity index is 419. The van der Waals surface area contributed by atoms with Gasteiger partial charge in [0.05, 0.1) is 0 Å². The molecule has 0 aliphatic carbocycles. The van der Waals surface area contributed by atoms with E-state index < -0.39 is 0 Å². The number of hydrogen-bond donors (Lipinski definition) is 0. The number of benzene rings is 2. The molecule has 0 nitrogen and oxygen atoms in total. The van der Waals surface area contributed by atoms with E-state index in [0.717, 1.165) is 10.4 Å². The van der Waals surface area contributed by atoms with Crippen molar-refractivity contribution in [3.05, 3.63) is 47.0 Å². The first-order valence-corrected chi connectivity index (χ1v) is 5.30. The van der Waals surface area contributed by atoms with Crippen LogP contribution in [-0.4, -0.2) is 0 Å². The molecule has 0 unspecified atom stereocenters. The minimum Gasteiger partial charge on any atom is -0.0837 e. The zero-order valence-electron chi connectivity index (χ0n) is 8.84. The van der Waals surface area contributed by atoms with Gasteiger partial charge >= 0.3 is 0 Å². The topological polar surface area (TPSA) is 0 Å². The average molecular weight is 207 g/mol. The number of fused-ring (bicyclic) bond motifs is 1. The number of rotatable bonds is 0. The van der Waals surface area contributed by atoms with Crippen LogP contribution in [0.4, 0.5) is 0 Å². The van der Waals surface area contributed by atoms with E-state index in [1.807, 2.05) is 26.0 Å². The smallest absolute Gasteiger partial charge is 0.0484 e. The maximum atomic E-state index is 6.03. The highest BCUT2D eigenvalue weighted by atomic mass is 35.5. The quantitative estimate of drug-likeness (QED) is 0.579. The molecule has 0 atom stereocenters. The lowest BCUT2D eigenvalue weighted by molar-refractivity contribution is 1.50. The Hall–Kier alpha value is -1.01. The van der Waals surface area contributed by atoms with Crippen LogP contribution in [0.1, 0.15) is 19.4 Å². The Morgan fingerprint density at radius 1 is 1.00 bits per heavy atom. The predicted molar refractivity (Wildman–Crippen MR) is 65.0 cm³/mol. The normalized spacial score (nSPS) is 9.43. The first-order valence-electron chi connectivity index (χ1n) is 4.92. The lowest BCUT2D eigenvalue weighted by Crippen LogP contribution is -1.75. The summed E-state index contributed by atoms with van der Waals surface area (Å²) in [4.78, 5) is 0. The van der Waals surface area contributed by atoms with E-state index in [1.54, 1.807) is 0 Å². The Kier molecular flexibility index (Phi) is 3.97. The van der Waals surface area contributed by atoms with Crippen molar-refractivity contribution in [1.82, 2.24) is 0 Å². The summed E-state index contributed by atoms with van der Waals surface area (Å²) in [6.45, 7) is 6.07. The van der Waals surface area contributed by atoms with E-state index in [1.165, 1.54) is 10.9 Å². The van der Waals surface area contributed by atoms with Crippen molar-refractivity contribution in [3.63, 3.8) is 0 Å². The first kappa shape index (κ1) is 11.1. The van der Waals surface area contributed by atoms with Crippen LogP contribution in [0, 0.1) is 6.92 Å². The van der Waals surface area contributed by atoms with Crippen LogP contribution in [0.25, 0.3) is 10.8 Å². The third kappa shape index (κ3) is 2.27. The Balaban J connectivity index is 0.000000461. The van der Waals surface area contributed by atoms with Crippen LogP contribution in [0.2, 0.25) is 5.02 Å². The fraction of sp³-hybridized carbons (Fsp3) is 0.231. The molecule has 0 spiro atoms. The third-order valence-corrected chi connectivity index (χ3v) is 2.31. The fourth-order valence-corrected chi connectivity index (χ4v) is 1.58. The predicted octanol–water partition coefficient (Wildman–Crippen LogP) is 4.83. The van der Waals surface area contributed by atoms with E-state index >= 15 is 0 Å². The van der Waals surface area contributed by atoms with Gasteiger partial charge in [0.15, 0.2) is 0 Å². The van der Waals surface area contributed by atoms with Gasteiger partial charge in [-0.3, -0.25) is 0 Å². The summed E-state index contributed by atoms with van der Waals surface area (Å²) in [7, 11) is 0. The van der Waals surface area contributed by atoms with Gasteiger partial charge in [0.2, 0.25) is 0 Å². The molecule has 0 aliphatic heterocycles. The van der Waals surface area contributed by atoms with Crippen molar-refractivity contribution >= 4 is 22.4 Å². The molecular weight excluding hydrogens is 192 g/mol. The molecule has 0 aromatic heterocycles. The van der Waals surface area contributed by atoms with Crippen LogP contribution >= 0.6 is 11.6 Å². The third-order valence-electron chi connectivity index (χ3n) is 1.98. The summed E-state index contributed by atoms with van der Waals surface area (Å²) in [5.41, 5.74) is 1.25. The summed E-state index contributed by atoms with van der Waals surface area (Å²) in [6, 6.07) is 12.3. The molecule has 0 N–H and O–H groups in total. The van der Waals surface area contributed by atoms with Gasteiger partial charge in [-0.25, -0.2) is 0 Å². The monoisotopic (exact) mass is 206 g/mol. The minimum atomic E-state index is 0.830. The Labute approximate surface area is 90.5 Å². The van der Waals surface area contributed by atoms with Crippen molar-refractivity contribution in [2.75, 3.05) is 0 Å². The molecule has 2 aromatic carbocycles. The summed E-state index contributed by atoms with van der Waals surface area (Å²) < 4.78 is 0. The van der Waals surface area contributed by atoms with Gasteiger partial charge in [-0.1, -0.05) is 55.3 Å². The number of halogens is 1. The molecule has 0 saturated heterocycles. The molecule has 0 aliphatic rings. The van der Waals surface area contributed by atoms with E-state index in [4.69, 9.17) is 11.6 Å². The zero-order valence-corrected chi connectivity index (χ0v) is 9.60. The first-order chi connectivity index (χ1) is 6.77. The molecular formula is C13H15Cl. The van der Waals surface area contributed by atoms with Crippen LogP contribution in [-0.2, 0) is 0 Å². The molecule has 0 amide bonds. The van der Waals surface area contributed by atoms with Crippen molar-refractivity contribution < 1.29 is 0 Å². The lowest BCUT2D eigenvalue weighted by Gasteiger charge is -2.00. The molecule has 74 valence electrons. The molecule has 0 heterocycles. The second-order valence-corrected chi connectivity index (χ2v) is 3.37. The van der Waals surface area contributed by atoms with E-state index in [9.17, 15) is 0 Å². The van der Waals surface area contributed by atoms with E-state index in [2.05, 4.69) is 31.2 Å². The summed E-state index contributed by atoms with van der Waals surface area (Å²) in [5.74, 6) is 0. The second kappa shape index (κ2) is 5.02. The minimum absolute atomic E-state index is 0.830. The molecule has 0 fully saturated rings. The molecule has 1 heteroatoms. The molecule has 0 radical (unpaired) electrons. The number of hydrogen-bond acceptors (Lipinski definition) is 0. The standard InChI is InChI=1S/C11H9Cl.C2H6/c1-8-5-6-9-3-2-4-11(12)10(9)7-8;1-2/h2-7H,1H3;1-2H3. The van der Waals surface area contributed by atoms with Gasteiger partial charge < -0.3 is 0 Å². The van der Waals surface area contributed by atoms with Gasteiger partial charge in [0, 0.05) is 10.4 Å². The summed E-state index contributed by atoms with van der Waals surface area (Å²) in [6.07, 6.45) is 0. The Morgan fingerprint density at radius 3 is 2.43 bits per heavy atom. The van der Waals surface area contributed by atoms with Gasteiger partial charge in [-0.15, -0.1) is 0 Å². The van der Waals surface area contributed by atoms with Gasteiger partial charge in [0.25, 0.3) is 0 Å². The fourth-order valence-electron chi connectivity index (χ4n) is 1.35. The van der Waals surface area contributed by atoms with Crippen LogP contribution < -0.4 is 0 Å². The highest BCUT2D eigenvalue weighted by Gasteiger charge is 1.96. The number of aryl methyl sites for hydroxylation is 1. The van der Waals surface area contributed by atoms with Crippen LogP contribution in [0.15, 0.2) is 36.4 Å². The zero-order chi connectivity index (χ0) is 10.6. The van der Waals surface area contributed by atoms with Gasteiger partial charge in [-0.2, -0.15) is 0 Å².